The summed E-state index contributed by atoms with van der Waals surface area (Å²) < 4.78 is 0. The van der Waals surface area contributed by atoms with Gasteiger partial charge in [-0.1, -0.05) is 6.92 Å². The molecule has 1 atom stereocenters. The number of benzene rings is 1. The number of hydrogen-bond acceptors (Lipinski definition) is 5. The van der Waals surface area contributed by atoms with Crippen molar-refractivity contribution in [2.75, 3.05) is 0 Å². The van der Waals surface area contributed by atoms with Gasteiger partial charge >= 0.3 is 5.97 Å². The molecule has 0 spiro atoms. The Bertz CT molecular complexity index is 680. The van der Waals surface area contributed by atoms with E-state index in [1.165, 1.54) is 0 Å². The van der Waals surface area contributed by atoms with E-state index in [9.17, 15) is 14.7 Å². The number of nitrogens with one attached hydrogen (secondary N) is 2. The largest absolute Gasteiger partial charge is 0.508 e. The molecule has 0 fully saturated rings. The molecule has 0 unspecified atom stereocenters. The summed E-state index contributed by atoms with van der Waals surface area (Å²) in [5, 5.41) is 10.3. The lowest BCUT2D eigenvalue weighted by atomic mass is 10.1. The Morgan fingerprint density at radius 2 is 2.23 bits per heavy atom. The quantitative estimate of drug-likeness (QED) is 0.617. The standard InChI is InChI=1S/C15H19N3O4/c1-2-3-14(20)22-18-15(21)12(16)6-9-8-17-13-5-4-10(19)7-11(9)13/h4-5,7-8,12,17,19H,2-3,6,16H2,1H3,(H,18,21)/t12-/m0/s1. The molecule has 22 heavy (non-hydrogen) atoms. The van der Waals surface area contributed by atoms with E-state index in [0.29, 0.717) is 6.42 Å². The van der Waals surface area contributed by atoms with Crippen molar-refractivity contribution < 1.29 is 19.5 Å². The Morgan fingerprint density at radius 3 is 2.95 bits per heavy atom. The van der Waals surface area contributed by atoms with Crippen molar-refractivity contribution in [2.45, 2.75) is 32.2 Å². The molecule has 0 saturated carbocycles. The van der Waals surface area contributed by atoms with Gasteiger partial charge in [0.05, 0.1) is 6.04 Å². The molecule has 118 valence electrons. The minimum atomic E-state index is -0.865. The SMILES string of the molecule is CCCC(=O)ONC(=O)[C@@H](N)Cc1c[nH]c2ccc(O)cc12. The minimum Gasteiger partial charge on any atom is -0.508 e. The van der Waals surface area contributed by atoms with Gasteiger partial charge in [-0.05, 0) is 36.6 Å². The lowest BCUT2D eigenvalue weighted by Crippen LogP contribution is -2.42. The molecule has 0 saturated heterocycles. The number of nitrogens with two attached hydrogens (primary N) is 1. The average Bonchev–Trinajstić information content (AvgIpc) is 2.87. The molecule has 7 heteroatoms. The number of carbonyl (C=O) groups is 2. The second-order valence-electron chi connectivity index (χ2n) is 5.04. The number of fused-ring (bicyclic) bond motifs is 1. The second-order valence-corrected chi connectivity index (χ2v) is 5.04. The number of hydrogen-bond donors (Lipinski definition) is 4. The molecule has 1 amide bonds. The molecular weight excluding hydrogens is 286 g/mol. The summed E-state index contributed by atoms with van der Waals surface area (Å²) in [5.41, 5.74) is 9.53. The number of aromatic hydroxyl groups is 1. The van der Waals surface area contributed by atoms with Crippen LogP contribution < -0.4 is 11.2 Å². The van der Waals surface area contributed by atoms with Crippen LogP contribution >= 0.6 is 0 Å². The van der Waals surface area contributed by atoms with Crippen LogP contribution in [0.1, 0.15) is 25.3 Å². The summed E-state index contributed by atoms with van der Waals surface area (Å²) in [6.07, 6.45) is 2.86. The Labute approximate surface area is 127 Å². The molecular formula is C15H19N3O4. The maximum Gasteiger partial charge on any atom is 0.332 e. The highest BCUT2D eigenvalue weighted by Crippen LogP contribution is 2.23. The number of hydroxylamine groups is 1. The van der Waals surface area contributed by atoms with E-state index in [-0.39, 0.29) is 18.6 Å². The van der Waals surface area contributed by atoms with E-state index in [0.717, 1.165) is 16.5 Å². The smallest absolute Gasteiger partial charge is 0.332 e. The Kier molecular flexibility index (Phi) is 5.00. The predicted molar refractivity (Wildman–Crippen MR) is 80.8 cm³/mol. The van der Waals surface area contributed by atoms with E-state index < -0.39 is 17.9 Å². The van der Waals surface area contributed by atoms with Gasteiger partial charge in [0.15, 0.2) is 0 Å². The van der Waals surface area contributed by atoms with E-state index >= 15 is 0 Å². The maximum atomic E-state index is 11.8. The van der Waals surface area contributed by atoms with Crippen LogP contribution in [0.5, 0.6) is 5.75 Å². The van der Waals surface area contributed by atoms with Gasteiger partial charge in [-0.25, -0.2) is 4.79 Å². The predicted octanol–water partition coefficient (Wildman–Crippen LogP) is 1.12. The van der Waals surface area contributed by atoms with Crippen LogP contribution in [-0.4, -0.2) is 28.0 Å². The lowest BCUT2D eigenvalue weighted by molar-refractivity contribution is -0.158. The fourth-order valence-electron chi connectivity index (χ4n) is 2.10. The molecule has 1 aromatic heterocycles. The molecule has 2 aromatic rings. The molecule has 7 nitrogen and oxygen atoms in total. The Balaban J connectivity index is 1.98. The van der Waals surface area contributed by atoms with Crippen LogP contribution in [0.15, 0.2) is 24.4 Å². The van der Waals surface area contributed by atoms with Crippen molar-refractivity contribution in [3.8, 4) is 5.75 Å². The monoisotopic (exact) mass is 305 g/mol. The topological polar surface area (TPSA) is 117 Å². The highest BCUT2D eigenvalue weighted by atomic mass is 16.7. The summed E-state index contributed by atoms with van der Waals surface area (Å²) in [6, 6.07) is 4.05. The van der Waals surface area contributed by atoms with Crippen LogP contribution in [0, 0.1) is 0 Å². The van der Waals surface area contributed by atoms with E-state index in [1.54, 1.807) is 24.4 Å². The van der Waals surface area contributed by atoms with Crippen LogP contribution in [-0.2, 0) is 20.8 Å². The zero-order chi connectivity index (χ0) is 16.1. The molecule has 0 aliphatic carbocycles. The summed E-state index contributed by atoms with van der Waals surface area (Å²) >= 11 is 0. The van der Waals surface area contributed by atoms with Gasteiger partial charge < -0.3 is 20.7 Å². The first kappa shape index (κ1) is 15.8. The fourth-order valence-corrected chi connectivity index (χ4v) is 2.10. The van der Waals surface area contributed by atoms with Crippen LogP contribution in [0.4, 0.5) is 0 Å². The van der Waals surface area contributed by atoms with Gasteiger partial charge in [-0.3, -0.25) is 4.79 Å². The molecule has 0 aliphatic heterocycles. The third-order valence-electron chi connectivity index (χ3n) is 3.25. The summed E-state index contributed by atoms with van der Waals surface area (Å²) in [5.74, 6) is -0.932. The lowest BCUT2D eigenvalue weighted by Gasteiger charge is -2.11. The van der Waals surface area contributed by atoms with Gasteiger partial charge in [0, 0.05) is 23.5 Å². The highest BCUT2D eigenvalue weighted by molar-refractivity contribution is 5.87. The number of H-pyrrole nitrogens is 1. The molecule has 2 rings (SSSR count). The van der Waals surface area contributed by atoms with Crippen LogP contribution in [0.2, 0.25) is 0 Å². The van der Waals surface area contributed by atoms with Crippen LogP contribution in [0.3, 0.4) is 0 Å². The zero-order valence-corrected chi connectivity index (χ0v) is 12.3. The van der Waals surface area contributed by atoms with E-state index in [4.69, 9.17) is 5.73 Å². The van der Waals surface area contributed by atoms with Crippen molar-refractivity contribution in [3.05, 3.63) is 30.0 Å². The fraction of sp³-hybridized carbons (Fsp3) is 0.333. The van der Waals surface area contributed by atoms with Crippen LogP contribution in [0.25, 0.3) is 10.9 Å². The minimum absolute atomic E-state index is 0.139. The molecule has 1 aromatic carbocycles. The van der Waals surface area contributed by atoms with Gasteiger partial charge in [-0.2, -0.15) is 5.48 Å². The second kappa shape index (κ2) is 6.95. The summed E-state index contributed by atoms with van der Waals surface area (Å²) in [4.78, 5) is 30.7. The molecule has 0 bridgehead atoms. The molecule has 0 aliphatic rings. The number of aromatic nitrogens is 1. The highest BCUT2D eigenvalue weighted by Gasteiger charge is 2.17. The number of phenols is 1. The molecule has 5 N–H and O–H groups in total. The van der Waals surface area contributed by atoms with Gasteiger partial charge in [0.1, 0.15) is 5.75 Å². The third-order valence-corrected chi connectivity index (χ3v) is 3.25. The number of aromatic amines is 1. The Morgan fingerprint density at radius 1 is 1.45 bits per heavy atom. The maximum absolute atomic E-state index is 11.8. The number of rotatable bonds is 5. The first-order chi connectivity index (χ1) is 10.5. The first-order valence-electron chi connectivity index (χ1n) is 7.05. The van der Waals surface area contributed by atoms with Crippen molar-refractivity contribution in [3.63, 3.8) is 0 Å². The number of phenolic OH excluding ortho intramolecular Hbond substituents is 1. The molecule has 0 radical (unpaired) electrons. The van der Waals surface area contributed by atoms with Gasteiger partial charge in [0.25, 0.3) is 5.91 Å². The third kappa shape index (κ3) is 3.76. The summed E-state index contributed by atoms with van der Waals surface area (Å²) in [7, 11) is 0. The number of amides is 1. The normalized spacial score (nSPS) is 12.1. The van der Waals surface area contributed by atoms with Crippen molar-refractivity contribution in [1.29, 1.82) is 0 Å². The van der Waals surface area contributed by atoms with E-state index in [2.05, 4.69) is 15.3 Å². The van der Waals surface area contributed by atoms with Crippen molar-refractivity contribution in [1.82, 2.24) is 10.5 Å². The van der Waals surface area contributed by atoms with Gasteiger partial charge in [-0.15, -0.1) is 0 Å². The van der Waals surface area contributed by atoms with Gasteiger partial charge in [0.2, 0.25) is 0 Å². The summed E-state index contributed by atoms with van der Waals surface area (Å²) in [6.45, 7) is 1.83. The average molecular weight is 305 g/mol. The number of carbonyl (C=O) groups excluding carboxylic acids is 2. The van der Waals surface area contributed by atoms with E-state index in [1.807, 2.05) is 6.92 Å². The molecule has 1 heterocycles. The first-order valence-corrected chi connectivity index (χ1v) is 7.05. The Hall–Kier alpha value is -2.54. The van der Waals surface area contributed by atoms with Crippen molar-refractivity contribution in [2.24, 2.45) is 5.73 Å². The zero-order valence-electron chi connectivity index (χ0n) is 12.3. The van der Waals surface area contributed by atoms with Crippen molar-refractivity contribution >= 4 is 22.8 Å².